The number of aliphatic hydroxyl groups excluding tert-OH is 2. The van der Waals surface area contributed by atoms with Crippen LogP contribution in [0.4, 0.5) is 0 Å². The number of hydrogen-bond acceptors (Lipinski definition) is 4. The first-order valence-electron chi connectivity index (χ1n) is 16.5. The number of rotatable bonds is 9. The highest BCUT2D eigenvalue weighted by Gasteiger charge is 2.53. The zero-order valence-electron chi connectivity index (χ0n) is 26.1. The monoisotopic (exact) mass is 575 g/mol. The second-order valence-corrected chi connectivity index (χ2v) is 14.5. The zero-order valence-corrected chi connectivity index (χ0v) is 26.1. The lowest BCUT2D eigenvalue weighted by Gasteiger charge is -2.45. The molecule has 0 radical (unpaired) electrons. The molecule has 3 N–H and O–H groups in total. The molecule has 1 aliphatic heterocycles. The van der Waals surface area contributed by atoms with E-state index in [0.717, 1.165) is 49.8 Å². The maximum Gasteiger partial charge on any atom is 0.254 e. The van der Waals surface area contributed by atoms with Crippen molar-refractivity contribution in [2.75, 3.05) is 6.54 Å². The zero-order chi connectivity index (χ0) is 30.1. The summed E-state index contributed by atoms with van der Waals surface area (Å²) in [4.78, 5) is 15.2. The third kappa shape index (κ3) is 6.49. The summed E-state index contributed by atoms with van der Waals surface area (Å²) in [7, 11) is 0. The molecule has 8 atom stereocenters. The Morgan fingerprint density at radius 2 is 1.88 bits per heavy atom. The van der Waals surface area contributed by atoms with E-state index in [4.69, 9.17) is 0 Å². The molecular weight excluding hydrogens is 522 g/mol. The molecule has 0 spiro atoms. The van der Waals surface area contributed by atoms with Gasteiger partial charge in [0.1, 0.15) is 5.60 Å². The number of carbonyl (C=O) groups excluding carboxylic acids is 1. The summed E-state index contributed by atoms with van der Waals surface area (Å²) >= 11 is 0. The highest BCUT2D eigenvalue weighted by atomic mass is 16.3. The highest BCUT2D eigenvalue weighted by molar-refractivity contribution is 5.87. The number of hydrogen-bond donors (Lipinski definition) is 3. The molecule has 1 saturated heterocycles. The molecule has 0 unspecified atom stereocenters. The number of likely N-dealkylation sites (tertiary alicyclic amines) is 1. The van der Waals surface area contributed by atoms with Gasteiger partial charge < -0.3 is 20.2 Å². The summed E-state index contributed by atoms with van der Waals surface area (Å²) in [6.07, 6.45) is 14.6. The van der Waals surface area contributed by atoms with Crippen LogP contribution in [0.25, 0.3) is 0 Å². The quantitative estimate of drug-likeness (QED) is 0.293. The van der Waals surface area contributed by atoms with Crippen molar-refractivity contribution in [3.8, 4) is 0 Å². The van der Waals surface area contributed by atoms with Crippen molar-refractivity contribution < 1.29 is 20.1 Å². The smallest absolute Gasteiger partial charge is 0.254 e. The van der Waals surface area contributed by atoms with Gasteiger partial charge in [0.25, 0.3) is 5.91 Å². The molecule has 5 heteroatoms. The molecule has 1 amide bonds. The lowest BCUT2D eigenvalue weighted by molar-refractivity contribution is -0.142. The first kappa shape index (κ1) is 31.2. The van der Waals surface area contributed by atoms with Crippen molar-refractivity contribution in [2.45, 2.75) is 122 Å². The first-order valence-corrected chi connectivity index (χ1v) is 16.5. The van der Waals surface area contributed by atoms with E-state index in [1.807, 2.05) is 11.0 Å². The van der Waals surface area contributed by atoms with Gasteiger partial charge in [0, 0.05) is 25.4 Å². The third-order valence-corrected chi connectivity index (χ3v) is 11.4. The topological polar surface area (TPSA) is 81.0 Å². The fourth-order valence-electron chi connectivity index (χ4n) is 9.15. The van der Waals surface area contributed by atoms with Crippen LogP contribution in [0.1, 0.15) is 97.0 Å². The SMILES string of the molecule is C=C1/C(=C\C=C2/CCC[C@]3(C)[C@@H]([C@H](C)C[C@@H]4C[C@](C)(O)C(=O)N4CCCCc4ccccc4)CC[C@@H]23)C[C@@H](O)C[C@@H]1O. The second kappa shape index (κ2) is 12.8. The van der Waals surface area contributed by atoms with Crippen molar-refractivity contribution >= 4 is 5.91 Å². The van der Waals surface area contributed by atoms with E-state index in [1.165, 1.54) is 36.8 Å². The molecule has 1 aromatic rings. The van der Waals surface area contributed by atoms with Gasteiger partial charge >= 0.3 is 0 Å². The standard InChI is InChI=1S/C37H53NO4/c1-25(21-30-24-37(4,42)35(41)38(30)20-9-8-13-27-11-6-5-7-12-27)32-17-18-33-28(14-10-19-36(32,33)3)15-16-29-22-31(39)23-34(40)26(29)2/h5-7,11-12,15-16,25,30-34,39-40,42H,2,8-10,13-14,17-24H2,1,3-4H3/b28-15+,29-16-/t25-,30-,31-,32-,33+,34+,36-,37+/m1/s1. The van der Waals surface area contributed by atoms with Gasteiger partial charge in [-0.25, -0.2) is 0 Å². The van der Waals surface area contributed by atoms with Crippen molar-refractivity contribution in [3.63, 3.8) is 0 Å². The Labute approximate surface area is 253 Å². The number of carbonyl (C=O) groups is 1. The molecule has 1 aromatic carbocycles. The Morgan fingerprint density at radius 1 is 1.12 bits per heavy atom. The molecule has 42 heavy (non-hydrogen) atoms. The summed E-state index contributed by atoms with van der Waals surface area (Å²) in [6, 6.07) is 10.6. The van der Waals surface area contributed by atoms with Gasteiger partial charge in [-0.05, 0) is 111 Å². The Balaban J connectivity index is 1.23. The van der Waals surface area contributed by atoms with E-state index in [1.54, 1.807) is 6.92 Å². The summed E-state index contributed by atoms with van der Waals surface area (Å²) in [5.41, 5.74) is 3.54. The van der Waals surface area contributed by atoms with Crippen molar-refractivity contribution in [1.29, 1.82) is 0 Å². The predicted molar refractivity (Wildman–Crippen MR) is 169 cm³/mol. The number of unbranched alkanes of at least 4 members (excludes halogenated alkanes) is 1. The van der Waals surface area contributed by atoms with E-state index in [-0.39, 0.29) is 17.4 Å². The molecule has 5 rings (SSSR count). The lowest BCUT2D eigenvalue weighted by Crippen LogP contribution is -2.41. The van der Waals surface area contributed by atoms with Crippen LogP contribution in [0.2, 0.25) is 0 Å². The summed E-state index contributed by atoms with van der Waals surface area (Å²) in [5.74, 6) is 1.52. The number of allylic oxidation sites excluding steroid dienone is 3. The number of fused-ring (bicyclic) bond motifs is 1. The molecule has 0 aromatic heterocycles. The van der Waals surface area contributed by atoms with Crippen LogP contribution in [0.5, 0.6) is 0 Å². The predicted octanol–water partition coefficient (Wildman–Crippen LogP) is 6.53. The van der Waals surface area contributed by atoms with Gasteiger partial charge in [-0.2, -0.15) is 0 Å². The third-order valence-electron chi connectivity index (χ3n) is 11.4. The van der Waals surface area contributed by atoms with Crippen LogP contribution >= 0.6 is 0 Å². The lowest BCUT2D eigenvalue weighted by atomic mass is 9.60. The Bertz CT molecular complexity index is 1190. The summed E-state index contributed by atoms with van der Waals surface area (Å²) < 4.78 is 0. The van der Waals surface area contributed by atoms with Gasteiger partial charge in [0.05, 0.1) is 12.2 Å². The molecule has 1 heterocycles. The van der Waals surface area contributed by atoms with Crippen LogP contribution in [-0.4, -0.2) is 56.5 Å². The van der Waals surface area contributed by atoms with Crippen LogP contribution in [0.15, 0.2) is 65.8 Å². The summed E-state index contributed by atoms with van der Waals surface area (Å²) in [5, 5.41) is 31.4. The molecule has 0 bridgehead atoms. The number of amides is 1. The molecular formula is C37H53NO4. The van der Waals surface area contributed by atoms with Gasteiger partial charge in [-0.3, -0.25) is 4.79 Å². The van der Waals surface area contributed by atoms with Crippen molar-refractivity contribution in [1.82, 2.24) is 4.90 Å². The van der Waals surface area contributed by atoms with E-state index >= 15 is 0 Å². The minimum absolute atomic E-state index is 0.0922. The number of benzene rings is 1. The van der Waals surface area contributed by atoms with Crippen LogP contribution in [0, 0.1) is 23.2 Å². The van der Waals surface area contributed by atoms with Crippen LogP contribution < -0.4 is 0 Å². The van der Waals surface area contributed by atoms with Crippen LogP contribution in [-0.2, 0) is 11.2 Å². The first-order chi connectivity index (χ1) is 20.0. The molecule has 230 valence electrons. The van der Waals surface area contributed by atoms with E-state index < -0.39 is 17.8 Å². The normalized spacial score (nSPS) is 38.0. The molecule has 4 fully saturated rings. The highest BCUT2D eigenvalue weighted by Crippen LogP contribution is 2.60. The van der Waals surface area contributed by atoms with Gasteiger partial charge in [-0.15, -0.1) is 0 Å². The van der Waals surface area contributed by atoms with Crippen LogP contribution in [0.3, 0.4) is 0 Å². The number of aliphatic hydroxyl groups is 3. The van der Waals surface area contributed by atoms with Gasteiger partial charge in [-0.1, -0.05) is 68.5 Å². The average molecular weight is 576 g/mol. The van der Waals surface area contributed by atoms with E-state index in [2.05, 4.69) is 56.8 Å². The van der Waals surface area contributed by atoms with E-state index in [0.29, 0.717) is 37.0 Å². The second-order valence-electron chi connectivity index (χ2n) is 14.5. The Morgan fingerprint density at radius 3 is 2.64 bits per heavy atom. The fraction of sp³-hybridized carbons (Fsp3) is 0.649. The largest absolute Gasteiger partial charge is 0.393 e. The Kier molecular flexibility index (Phi) is 9.51. The average Bonchev–Trinajstić information content (AvgIpc) is 3.41. The maximum atomic E-state index is 13.2. The molecule has 5 nitrogen and oxygen atoms in total. The van der Waals surface area contributed by atoms with Crippen molar-refractivity contribution in [3.05, 3.63) is 71.3 Å². The number of aryl methyl sites for hydroxylation is 1. The Hall–Kier alpha value is -2.21. The molecule has 4 aliphatic rings. The van der Waals surface area contributed by atoms with Crippen molar-refractivity contribution in [2.24, 2.45) is 23.2 Å². The minimum atomic E-state index is -1.26. The van der Waals surface area contributed by atoms with E-state index in [9.17, 15) is 20.1 Å². The van der Waals surface area contributed by atoms with Gasteiger partial charge in [0.2, 0.25) is 0 Å². The fourth-order valence-corrected chi connectivity index (χ4v) is 9.15. The summed E-state index contributed by atoms with van der Waals surface area (Å²) in [6.45, 7) is 11.4. The van der Waals surface area contributed by atoms with Gasteiger partial charge in [0.15, 0.2) is 0 Å². The minimum Gasteiger partial charge on any atom is -0.393 e. The molecule has 3 saturated carbocycles. The maximum absolute atomic E-state index is 13.2. The number of nitrogens with zero attached hydrogens (tertiary/aromatic N) is 1. The molecule has 3 aliphatic carbocycles.